The van der Waals surface area contributed by atoms with Gasteiger partial charge in [-0.3, -0.25) is 19.3 Å². The molecule has 1 aromatic carbocycles. The van der Waals surface area contributed by atoms with Crippen LogP contribution in [0.2, 0.25) is 0 Å². The molecule has 0 saturated carbocycles. The van der Waals surface area contributed by atoms with Crippen LogP contribution in [-0.4, -0.2) is 60.2 Å². The molecule has 0 spiro atoms. The van der Waals surface area contributed by atoms with Crippen molar-refractivity contribution in [3.8, 4) is 11.5 Å². The Morgan fingerprint density at radius 2 is 2.00 bits per heavy atom. The number of carbonyl (C=O) groups is 3. The summed E-state index contributed by atoms with van der Waals surface area (Å²) in [5.41, 5.74) is 0.724. The summed E-state index contributed by atoms with van der Waals surface area (Å²) in [5, 5.41) is -0.419. The number of amides is 3. The monoisotopic (exact) mass is 544 g/mol. The van der Waals surface area contributed by atoms with Gasteiger partial charge in [-0.1, -0.05) is 6.92 Å². The number of hydrogen-bond acceptors (Lipinski definition) is 6. The number of ether oxygens (including phenoxy) is 2. The molecule has 162 valence electrons. The molecule has 0 radical (unpaired) electrons. The Bertz CT molecular complexity index is 880. The summed E-state index contributed by atoms with van der Waals surface area (Å²) in [6, 6.07) is 3.63. The first-order valence-corrected chi connectivity index (χ1v) is 11.8. The predicted octanol–water partition coefficient (Wildman–Crippen LogP) is 3.99. The van der Waals surface area contributed by atoms with Crippen molar-refractivity contribution < 1.29 is 23.9 Å². The number of methoxy groups -OCH3 is 1. The van der Waals surface area contributed by atoms with Crippen LogP contribution in [0.5, 0.6) is 11.5 Å². The van der Waals surface area contributed by atoms with E-state index in [9.17, 15) is 14.4 Å². The van der Waals surface area contributed by atoms with E-state index in [2.05, 4.69) is 29.5 Å². The summed E-state index contributed by atoms with van der Waals surface area (Å²) >= 11 is 3.00. The maximum atomic E-state index is 12.8. The normalized spacial score (nSPS) is 19.0. The Morgan fingerprint density at radius 1 is 1.30 bits per heavy atom. The predicted molar refractivity (Wildman–Crippen MR) is 125 cm³/mol. The molecule has 0 N–H and O–H groups in total. The third-order valence-corrected chi connectivity index (χ3v) is 6.85. The van der Waals surface area contributed by atoms with Gasteiger partial charge in [-0.25, -0.2) is 0 Å². The molecule has 0 bridgehead atoms. The maximum Gasteiger partial charge on any atom is 0.294 e. The zero-order valence-electron chi connectivity index (χ0n) is 17.3. The third-order valence-electron chi connectivity index (χ3n) is 5.14. The number of halogens is 1. The smallest absolute Gasteiger partial charge is 0.294 e. The highest BCUT2D eigenvalue weighted by molar-refractivity contribution is 14.1. The van der Waals surface area contributed by atoms with Gasteiger partial charge in [-0.15, -0.1) is 0 Å². The van der Waals surface area contributed by atoms with E-state index in [1.807, 2.05) is 13.0 Å². The second kappa shape index (κ2) is 10.0. The van der Waals surface area contributed by atoms with Crippen LogP contribution in [0.15, 0.2) is 17.0 Å². The van der Waals surface area contributed by atoms with E-state index >= 15 is 0 Å². The van der Waals surface area contributed by atoms with Crippen LogP contribution < -0.4 is 9.47 Å². The molecule has 7 nitrogen and oxygen atoms in total. The summed E-state index contributed by atoms with van der Waals surface area (Å²) < 4.78 is 11.9. The Morgan fingerprint density at radius 3 is 2.63 bits per heavy atom. The number of nitrogens with zero attached hydrogens (tertiary/aromatic N) is 2. The minimum Gasteiger partial charge on any atom is -0.493 e. The van der Waals surface area contributed by atoms with Crippen LogP contribution in [0.25, 0.3) is 6.08 Å². The second-order valence-corrected chi connectivity index (χ2v) is 9.45. The molecule has 30 heavy (non-hydrogen) atoms. The van der Waals surface area contributed by atoms with E-state index in [0.29, 0.717) is 42.0 Å². The van der Waals surface area contributed by atoms with E-state index < -0.39 is 11.1 Å². The first-order chi connectivity index (χ1) is 14.3. The Hall–Kier alpha value is -1.75. The van der Waals surface area contributed by atoms with Crippen molar-refractivity contribution in [2.75, 3.05) is 33.4 Å². The summed E-state index contributed by atoms with van der Waals surface area (Å²) in [6.45, 7) is 5.72. The first-order valence-electron chi connectivity index (χ1n) is 9.87. The van der Waals surface area contributed by atoms with E-state index in [1.165, 1.54) is 0 Å². The minimum absolute atomic E-state index is 0.178. The lowest BCUT2D eigenvalue weighted by atomic mass is 9.99. The number of carbonyl (C=O) groups excluding carboxylic acids is 3. The molecule has 3 rings (SSSR count). The number of likely N-dealkylation sites (tertiary alicyclic amines) is 1. The molecular formula is C21H25IN2O5S. The van der Waals surface area contributed by atoms with Gasteiger partial charge in [0.05, 0.1) is 22.2 Å². The average molecular weight is 544 g/mol. The van der Waals surface area contributed by atoms with E-state index in [-0.39, 0.29) is 12.5 Å². The molecule has 2 heterocycles. The van der Waals surface area contributed by atoms with Gasteiger partial charge in [-0.2, -0.15) is 0 Å². The number of thioether (sulfide) groups is 1. The fourth-order valence-corrected chi connectivity index (χ4v) is 5.01. The lowest BCUT2D eigenvalue weighted by molar-refractivity contribution is -0.136. The van der Waals surface area contributed by atoms with Crippen LogP contribution in [0.3, 0.4) is 0 Å². The zero-order valence-corrected chi connectivity index (χ0v) is 20.2. The fourth-order valence-electron chi connectivity index (χ4n) is 3.39. The summed E-state index contributed by atoms with van der Waals surface area (Å²) in [5.74, 6) is 1.19. The van der Waals surface area contributed by atoms with Gasteiger partial charge in [0, 0.05) is 13.1 Å². The van der Waals surface area contributed by atoms with Crippen molar-refractivity contribution in [3.63, 3.8) is 0 Å². The molecule has 9 heteroatoms. The number of rotatable bonds is 6. The molecule has 0 aromatic heterocycles. The summed E-state index contributed by atoms with van der Waals surface area (Å²) in [7, 11) is 1.55. The van der Waals surface area contributed by atoms with Crippen molar-refractivity contribution >= 4 is 57.5 Å². The van der Waals surface area contributed by atoms with Crippen molar-refractivity contribution in [1.29, 1.82) is 0 Å². The highest BCUT2D eigenvalue weighted by Gasteiger charge is 2.37. The molecule has 2 aliphatic heterocycles. The Labute approximate surface area is 194 Å². The quantitative estimate of drug-likeness (QED) is 0.399. The lowest BCUT2D eigenvalue weighted by Crippen LogP contribution is -2.45. The first kappa shape index (κ1) is 22.9. The molecule has 0 aliphatic carbocycles. The zero-order chi connectivity index (χ0) is 21.8. The minimum atomic E-state index is -0.438. The standard InChI is InChI=1S/C21H25IN2O5S/c1-4-29-19-15(22)9-14(10-16(19)28-3)11-17-20(26)24(21(27)30-17)12-18(25)23-7-5-13(2)6-8-23/h9-11,13H,4-8,12H2,1-3H3/b17-11+. The van der Waals surface area contributed by atoms with Gasteiger partial charge in [0.25, 0.3) is 11.1 Å². The van der Waals surface area contributed by atoms with Gasteiger partial charge in [-0.05, 0) is 83.8 Å². The van der Waals surface area contributed by atoms with Gasteiger partial charge < -0.3 is 14.4 Å². The lowest BCUT2D eigenvalue weighted by Gasteiger charge is -2.31. The number of hydrogen-bond donors (Lipinski definition) is 0. The Balaban J connectivity index is 1.75. The van der Waals surface area contributed by atoms with Gasteiger partial charge in [0.15, 0.2) is 11.5 Å². The Kier molecular flexibility index (Phi) is 7.67. The number of imide groups is 1. The molecule has 0 atom stereocenters. The summed E-state index contributed by atoms with van der Waals surface area (Å²) in [4.78, 5) is 40.8. The van der Waals surface area contributed by atoms with Crippen LogP contribution >= 0.6 is 34.4 Å². The van der Waals surface area contributed by atoms with Crippen molar-refractivity contribution in [2.45, 2.75) is 26.7 Å². The molecule has 1 aromatic rings. The molecule has 2 fully saturated rings. The van der Waals surface area contributed by atoms with Crippen molar-refractivity contribution in [3.05, 3.63) is 26.2 Å². The van der Waals surface area contributed by atoms with Crippen molar-refractivity contribution in [2.24, 2.45) is 5.92 Å². The van der Waals surface area contributed by atoms with E-state index in [4.69, 9.17) is 9.47 Å². The van der Waals surface area contributed by atoms with Crippen LogP contribution in [0.4, 0.5) is 4.79 Å². The number of piperidine rings is 1. The van der Waals surface area contributed by atoms with Gasteiger partial charge in [0.2, 0.25) is 5.91 Å². The van der Waals surface area contributed by atoms with Gasteiger partial charge in [0.1, 0.15) is 6.54 Å². The van der Waals surface area contributed by atoms with Crippen LogP contribution in [0, 0.1) is 9.49 Å². The molecule has 3 amide bonds. The van der Waals surface area contributed by atoms with Gasteiger partial charge >= 0.3 is 0 Å². The maximum absolute atomic E-state index is 12.8. The third kappa shape index (κ3) is 5.11. The average Bonchev–Trinajstić information content (AvgIpc) is 2.97. The molecule has 2 aliphatic rings. The van der Waals surface area contributed by atoms with E-state index in [1.54, 1.807) is 24.2 Å². The van der Waals surface area contributed by atoms with Crippen LogP contribution in [0.1, 0.15) is 32.3 Å². The molecule has 0 unspecified atom stereocenters. The summed E-state index contributed by atoms with van der Waals surface area (Å²) in [6.07, 6.45) is 3.55. The topological polar surface area (TPSA) is 76.2 Å². The van der Waals surface area contributed by atoms with Crippen molar-refractivity contribution in [1.82, 2.24) is 9.80 Å². The molecule has 2 saturated heterocycles. The number of benzene rings is 1. The highest BCUT2D eigenvalue weighted by Crippen LogP contribution is 2.37. The highest BCUT2D eigenvalue weighted by atomic mass is 127. The second-order valence-electron chi connectivity index (χ2n) is 7.30. The fraction of sp³-hybridized carbons (Fsp3) is 0.476. The SMILES string of the molecule is CCOc1c(I)cc(/C=C2/SC(=O)N(CC(=O)N3CCC(C)CC3)C2=O)cc1OC. The van der Waals surface area contributed by atoms with E-state index in [0.717, 1.165) is 38.6 Å². The largest absolute Gasteiger partial charge is 0.493 e. The molecular weight excluding hydrogens is 519 g/mol. The van der Waals surface area contributed by atoms with Crippen LogP contribution in [-0.2, 0) is 9.59 Å².